The second-order valence-electron chi connectivity index (χ2n) is 3.70. The summed E-state index contributed by atoms with van der Waals surface area (Å²) in [5.74, 6) is 2.10. The summed E-state index contributed by atoms with van der Waals surface area (Å²) in [5.41, 5.74) is 0.894. The van der Waals surface area contributed by atoms with Crippen molar-refractivity contribution in [3.05, 3.63) is 28.6 Å². The van der Waals surface area contributed by atoms with Gasteiger partial charge in [-0.2, -0.15) is 0 Å². The van der Waals surface area contributed by atoms with E-state index >= 15 is 0 Å². The lowest BCUT2D eigenvalue weighted by Gasteiger charge is -2.09. The highest BCUT2D eigenvalue weighted by molar-refractivity contribution is 9.10. The van der Waals surface area contributed by atoms with Crippen LogP contribution in [0.1, 0.15) is 19.0 Å². The standard InChI is InChI=1S/C12H14BrN3O/c1-3-6-14-12-10(13)8(2)15-11(16-12)9-5-4-7-17-9/h4-5,7H,3,6H2,1-2H3,(H,14,15,16). The van der Waals surface area contributed by atoms with Crippen LogP contribution in [0.5, 0.6) is 0 Å². The molecule has 0 unspecified atom stereocenters. The van der Waals surface area contributed by atoms with Crippen LogP contribution in [0.4, 0.5) is 5.82 Å². The Morgan fingerprint density at radius 1 is 1.41 bits per heavy atom. The summed E-state index contributed by atoms with van der Waals surface area (Å²) in [6, 6.07) is 3.68. The molecule has 2 aromatic heterocycles. The number of furan rings is 1. The van der Waals surface area contributed by atoms with Crippen LogP contribution in [-0.4, -0.2) is 16.5 Å². The van der Waals surface area contributed by atoms with Gasteiger partial charge in [0.05, 0.1) is 16.4 Å². The molecule has 0 amide bonds. The molecule has 0 aromatic carbocycles. The Morgan fingerprint density at radius 3 is 2.88 bits per heavy atom. The Kier molecular flexibility index (Phi) is 3.78. The first kappa shape index (κ1) is 12.1. The van der Waals surface area contributed by atoms with E-state index < -0.39 is 0 Å². The van der Waals surface area contributed by atoms with Gasteiger partial charge in [0.1, 0.15) is 5.82 Å². The third kappa shape index (κ3) is 2.66. The maximum absolute atomic E-state index is 5.31. The molecule has 0 saturated heterocycles. The van der Waals surface area contributed by atoms with Gasteiger partial charge in [0, 0.05) is 6.54 Å². The van der Waals surface area contributed by atoms with Crippen LogP contribution in [-0.2, 0) is 0 Å². The third-order valence-corrected chi connectivity index (χ3v) is 3.25. The van der Waals surface area contributed by atoms with E-state index in [9.17, 15) is 0 Å². The number of aryl methyl sites for hydroxylation is 1. The molecule has 5 heteroatoms. The van der Waals surface area contributed by atoms with Gasteiger partial charge in [0.25, 0.3) is 0 Å². The molecule has 0 radical (unpaired) electrons. The first-order valence-electron chi connectivity index (χ1n) is 5.54. The molecule has 1 N–H and O–H groups in total. The van der Waals surface area contributed by atoms with E-state index in [0.29, 0.717) is 11.6 Å². The van der Waals surface area contributed by atoms with Crippen molar-refractivity contribution in [3.63, 3.8) is 0 Å². The average molecular weight is 296 g/mol. The van der Waals surface area contributed by atoms with E-state index in [1.807, 2.05) is 19.1 Å². The molecule has 0 spiro atoms. The van der Waals surface area contributed by atoms with Crippen LogP contribution < -0.4 is 5.32 Å². The van der Waals surface area contributed by atoms with Crippen molar-refractivity contribution in [1.82, 2.24) is 9.97 Å². The fraction of sp³-hybridized carbons (Fsp3) is 0.333. The summed E-state index contributed by atoms with van der Waals surface area (Å²) in [5, 5.41) is 3.27. The summed E-state index contributed by atoms with van der Waals surface area (Å²) in [6.07, 6.45) is 2.67. The summed E-state index contributed by atoms with van der Waals surface area (Å²) in [4.78, 5) is 8.84. The summed E-state index contributed by atoms with van der Waals surface area (Å²) < 4.78 is 6.21. The Morgan fingerprint density at radius 2 is 2.24 bits per heavy atom. The number of nitrogens with one attached hydrogen (secondary N) is 1. The minimum atomic E-state index is 0.606. The maximum atomic E-state index is 5.31. The molecule has 2 rings (SSSR count). The molecule has 0 aliphatic heterocycles. The van der Waals surface area contributed by atoms with E-state index in [2.05, 4.69) is 38.1 Å². The van der Waals surface area contributed by atoms with Crippen molar-refractivity contribution < 1.29 is 4.42 Å². The highest BCUT2D eigenvalue weighted by Gasteiger charge is 2.11. The van der Waals surface area contributed by atoms with Crippen LogP contribution in [0.2, 0.25) is 0 Å². The minimum Gasteiger partial charge on any atom is -0.461 e. The van der Waals surface area contributed by atoms with Gasteiger partial charge in [-0.25, -0.2) is 9.97 Å². The van der Waals surface area contributed by atoms with Crippen LogP contribution >= 0.6 is 15.9 Å². The second-order valence-corrected chi connectivity index (χ2v) is 4.49. The lowest BCUT2D eigenvalue weighted by atomic mass is 10.3. The molecule has 17 heavy (non-hydrogen) atoms. The molecular formula is C12H14BrN3O. The monoisotopic (exact) mass is 295 g/mol. The van der Waals surface area contributed by atoms with Crippen molar-refractivity contribution in [2.45, 2.75) is 20.3 Å². The van der Waals surface area contributed by atoms with E-state index in [4.69, 9.17) is 4.42 Å². The van der Waals surface area contributed by atoms with Crippen molar-refractivity contribution in [3.8, 4) is 11.6 Å². The summed E-state index contributed by atoms with van der Waals surface area (Å²) in [6.45, 7) is 4.93. The quantitative estimate of drug-likeness (QED) is 0.936. The van der Waals surface area contributed by atoms with Crippen molar-refractivity contribution in [1.29, 1.82) is 0 Å². The number of hydrogen-bond donors (Lipinski definition) is 1. The number of aromatic nitrogens is 2. The maximum Gasteiger partial charge on any atom is 0.197 e. The number of nitrogens with zero attached hydrogens (tertiary/aromatic N) is 2. The molecule has 0 atom stereocenters. The molecule has 0 aliphatic rings. The molecule has 0 saturated carbocycles. The number of hydrogen-bond acceptors (Lipinski definition) is 4. The Balaban J connectivity index is 2.39. The van der Waals surface area contributed by atoms with Crippen LogP contribution in [0.25, 0.3) is 11.6 Å². The van der Waals surface area contributed by atoms with Gasteiger partial charge in [-0.15, -0.1) is 0 Å². The minimum absolute atomic E-state index is 0.606. The van der Waals surface area contributed by atoms with Crippen molar-refractivity contribution >= 4 is 21.7 Å². The van der Waals surface area contributed by atoms with Gasteiger partial charge < -0.3 is 9.73 Å². The zero-order valence-corrected chi connectivity index (χ0v) is 11.4. The Hall–Kier alpha value is -1.36. The smallest absolute Gasteiger partial charge is 0.197 e. The van der Waals surface area contributed by atoms with E-state index in [-0.39, 0.29) is 0 Å². The highest BCUT2D eigenvalue weighted by atomic mass is 79.9. The number of anilines is 1. The summed E-state index contributed by atoms with van der Waals surface area (Å²) in [7, 11) is 0. The van der Waals surface area contributed by atoms with Gasteiger partial charge in [-0.1, -0.05) is 6.92 Å². The van der Waals surface area contributed by atoms with Crippen molar-refractivity contribution in [2.24, 2.45) is 0 Å². The van der Waals surface area contributed by atoms with Gasteiger partial charge >= 0.3 is 0 Å². The first-order valence-corrected chi connectivity index (χ1v) is 6.33. The molecular weight excluding hydrogens is 282 g/mol. The van der Waals surface area contributed by atoms with Crippen LogP contribution in [0.15, 0.2) is 27.3 Å². The van der Waals surface area contributed by atoms with E-state index in [1.165, 1.54) is 0 Å². The zero-order chi connectivity index (χ0) is 12.3. The largest absolute Gasteiger partial charge is 0.461 e. The second kappa shape index (κ2) is 5.31. The summed E-state index contributed by atoms with van der Waals surface area (Å²) >= 11 is 3.49. The topological polar surface area (TPSA) is 51.0 Å². The fourth-order valence-electron chi connectivity index (χ4n) is 1.44. The molecule has 0 fully saturated rings. The van der Waals surface area contributed by atoms with Crippen LogP contribution in [0.3, 0.4) is 0 Å². The van der Waals surface area contributed by atoms with Gasteiger partial charge in [0.2, 0.25) is 0 Å². The molecule has 0 aliphatic carbocycles. The lowest BCUT2D eigenvalue weighted by molar-refractivity contribution is 0.577. The predicted octanol–water partition coefficient (Wildman–Crippen LogP) is 3.63. The normalized spacial score (nSPS) is 10.5. The van der Waals surface area contributed by atoms with E-state index in [0.717, 1.165) is 29.0 Å². The fourth-order valence-corrected chi connectivity index (χ4v) is 1.75. The Labute approximate surface area is 109 Å². The molecule has 4 nitrogen and oxygen atoms in total. The van der Waals surface area contributed by atoms with Gasteiger partial charge in [0.15, 0.2) is 11.6 Å². The average Bonchev–Trinajstić information content (AvgIpc) is 2.84. The van der Waals surface area contributed by atoms with Crippen LogP contribution in [0, 0.1) is 6.92 Å². The number of halogens is 1. The first-order chi connectivity index (χ1) is 8.22. The predicted molar refractivity (Wildman–Crippen MR) is 71.0 cm³/mol. The van der Waals surface area contributed by atoms with E-state index in [1.54, 1.807) is 6.26 Å². The molecule has 2 aromatic rings. The molecule has 0 bridgehead atoms. The molecule has 2 heterocycles. The SMILES string of the molecule is CCCNc1nc(-c2ccco2)nc(C)c1Br. The highest BCUT2D eigenvalue weighted by Crippen LogP contribution is 2.26. The zero-order valence-electron chi connectivity index (χ0n) is 9.83. The van der Waals surface area contributed by atoms with Gasteiger partial charge in [-0.3, -0.25) is 0 Å². The van der Waals surface area contributed by atoms with Crippen molar-refractivity contribution in [2.75, 3.05) is 11.9 Å². The third-order valence-electron chi connectivity index (χ3n) is 2.30. The number of rotatable bonds is 4. The molecule has 90 valence electrons. The Bertz CT molecular complexity index is 497. The van der Waals surface area contributed by atoms with Gasteiger partial charge in [-0.05, 0) is 41.4 Å². The lowest BCUT2D eigenvalue weighted by Crippen LogP contribution is -2.05.